The van der Waals surface area contributed by atoms with E-state index in [2.05, 4.69) is 10.6 Å². The molecular formula is C15H21ClN2O3. The van der Waals surface area contributed by atoms with Crippen molar-refractivity contribution in [2.45, 2.75) is 20.8 Å². The molecule has 0 fully saturated rings. The highest BCUT2D eigenvalue weighted by Crippen LogP contribution is 2.35. The number of hydrogen-bond donors (Lipinski definition) is 2. The first-order valence-corrected chi connectivity index (χ1v) is 6.81. The number of methoxy groups -OCH3 is 2. The minimum absolute atomic E-state index is 0.00549. The number of rotatable bonds is 4. The number of amides is 2. The molecule has 5 nitrogen and oxygen atoms in total. The number of benzene rings is 1. The number of ether oxygens (including phenoxy) is 2. The van der Waals surface area contributed by atoms with Gasteiger partial charge in [0.05, 0.1) is 24.9 Å². The molecule has 0 unspecified atom stereocenters. The molecule has 0 aliphatic heterocycles. The van der Waals surface area contributed by atoms with Gasteiger partial charge in [-0.05, 0) is 5.41 Å². The predicted octanol–water partition coefficient (Wildman–Crippen LogP) is 4.04. The average molecular weight is 313 g/mol. The van der Waals surface area contributed by atoms with E-state index >= 15 is 0 Å². The van der Waals surface area contributed by atoms with Crippen LogP contribution in [0.4, 0.5) is 10.5 Å². The molecule has 0 atom stereocenters. The maximum absolute atomic E-state index is 11.8. The zero-order valence-electron chi connectivity index (χ0n) is 12.9. The van der Waals surface area contributed by atoms with E-state index in [9.17, 15) is 4.79 Å². The normalized spacial score (nSPS) is 11.3. The van der Waals surface area contributed by atoms with Gasteiger partial charge >= 0.3 is 6.03 Å². The lowest BCUT2D eigenvalue weighted by molar-refractivity contribution is 0.255. The molecule has 1 aromatic rings. The van der Waals surface area contributed by atoms with Crippen molar-refractivity contribution >= 4 is 23.3 Å². The van der Waals surface area contributed by atoms with Crippen molar-refractivity contribution in [1.29, 1.82) is 0 Å². The first-order valence-electron chi connectivity index (χ1n) is 6.43. The van der Waals surface area contributed by atoms with E-state index in [0.717, 1.165) is 0 Å². The topological polar surface area (TPSA) is 59.6 Å². The van der Waals surface area contributed by atoms with Gasteiger partial charge in [-0.1, -0.05) is 38.4 Å². The molecule has 0 saturated heterocycles. The summed E-state index contributed by atoms with van der Waals surface area (Å²) in [4.78, 5) is 11.8. The quantitative estimate of drug-likeness (QED) is 0.882. The highest BCUT2D eigenvalue weighted by molar-refractivity contribution is 6.32. The molecule has 2 amide bonds. The average Bonchev–Trinajstić information content (AvgIpc) is 2.38. The Morgan fingerprint density at radius 2 is 1.81 bits per heavy atom. The lowest BCUT2D eigenvalue weighted by Crippen LogP contribution is -2.24. The van der Waals surface area contributed by atoms with Crippen molar-refractivity contribution in [3.05, 3.63) is 29.4 Å². The molecule has 0 aromatic heterocycles. The Labute approximate surface area is 130 Å². The maximum atomic E-state index is 11.8. The number of carbonyl (C=O) groups is 1. The molecule has 1 rings (SSSR count). The molecule has 0 heterocycles. The van der Waals surface area contributed by atoms with Crippen molar-refractivity contribution in [2.75, 3.05) is 19.5 Å². The number of carbonyl (C=O) groups excluding carboxylic acids is 1. The third-order valence-electron chi connectivity index (χ3n) is 2.52. The van der Waals surface area contributed by atoms with E-state index in [0.29, 0.717) is 22.2 Å². The van der Waals surface area contributed by atoms with E-state index in [4.69, 9.17) is 21.1 Å². The van der Waals surface area contributed by atoms with Crippen LogP contribution in [0.2, 0.25) is 5.02 Å². The lowest BCUT2D eigenvalue weighted by Gasteiger charge is -2.14. The van der Waals surface area contributed by atoms with Gasteiger partial charge in [-0.15, -0.1) is 0 Å². The monoisotopic (exact) mass is 312 g/mol. The molecule has 0 spiro atoms. The third kappa shape index (κ3) is 5.55. The van der Waals surface area contributed by atoms with Crippen molar-refractivity contribution < 1.29 is 14.3 Å². The number of anilines is 1. The van der Waals surface area contributed by atoms with E-state index in [-0.39, 0.29) is 11.4 Å². The van der Waals surface area contributed by atoms with Crippen LogP contribution in [0, 0.1) is 5.41 Å². The molecule has 6 heteroatoms. The smallest absolute Gasteiger partial charge is 0.323 e. The van der Waals surface area contributed by atoms with Crippen molar-refractivity contribution in [3.8, 4) is 11.5 Å². The highest BCUT2D eigenvalue weighted by atomic mass is 35.5. The van der Waals surface area contributed by atoms with Crippen LogP contribution in [0.1, 0.15) is 20.8 Å². The van der Waals surface area contributed by atoms with Gasteiger partial charge in [-0.2, -0.15) is 0 Å². The molecular weight excluding hydrogens is 292 g/mol. The Bertz CT molecular complexity index is 536. The fourth-order valence-electron chi connectivity index (χ4n) is 1.48. The first kappa shape index (κ1) is 17.2. The van der Waals surface area contributed by atoms with Crippen LogP contribution >= 0.6 is 11.6 Å². The second-order valence-corrected chi connectivity index (χ2v) is 5.89. The van der Waals surface area contributed by atoms with Gasteiger partial charge in [-0.25, -0.2) is 4.79 Å². The van der Waals surface area contributed by atoms with Crippen LogP contribution in [0.3, 0.4) is 0 Å². The number of nitrogens with one attached hydrogen (secondary N) is 2. The lowest BCUT2D eigenvalue weighted by atomic mass is 9.97. The Balaban J connectivity index is 2.82. The summed E-state index contributed by atoms with van der Waals surface area (Å²) in [5.41, 5.74) is 0.467. The number of urea groups is 1. The molecule has 21 heavy (non-hydrogen) atoms. The molecule has 0 aliphatic carbocycles. The Morgan fingerprint density at radius 3 is 2.33 bits per heavy atom. The predicted molar refractivity (Wildman–Crippen MR) is 85.3 cm³/mol. The fourth-order valence-corrected chi connectivity index (χ4v) is 1.71. The van der Waals surface area contributed by atoms with E-state index < -0.39 is 0 Å². The highest BCUT2D eigenvalue weighted by Gasteiger charge is 2.12. The van der Waals surface area contributed by atoms with Gasteiger partial charge in [-0.3, -0.25) is 0 Å². The Morgan fingerprint density at radius 1 is 1.19 bits per heavy atom. The van der Waals surface area contributed by atoms with Gasteiger partial charge in [0.2, 0.25) is 0 Å². The van der Waals surface area contributed by atoms with E-state index in [1.807, 2.05) is 26.8 Å². The van der Waals surface area contributed by atoms with Crippen molar-refractivity contribution in [2.24, 2.45) is 5.41 Å². The minimum Gasteiger partial charge on any atom is -0.495 e. The van der Waals surface area contributed by atoms with Crippen molar-refractivity contribution in [3.63, 3.8) is 0 Å². The van der Waals surface area contributed by atoms with E-state index in [1.54, 1.807) is 18.3 Å². The molecule has 1 aromatic carbocycles. The summed E-state index contributed by atoms with van der Waals surface area (Å²) >= 11 is 6.01. The standard InChI is InChI=1S/C15H21ClN2O3/c1-15(2,3)6-7-17-14(19)18-11-9-12(20-4)10(16)8-13(11)21-5/h6-9H,1-5H3,(H2,17,18,19)/b7-6+. The first-order chi connectivity index (χ1) is 9.76. The zero-order valence-corrected chi connectivity index (χ0v) is 13.7. The van der Waals surface area contributed by atoms with Gasteiger partial charge < -0.3 is 20.1 Å². The third-order valence-corrected chi connectivity index (χ3v) is 2.82. The second-order valence-electron chi connectivity index (χ2n) is 5.48. The van der Waals surface area contributed by atoms with Crippen LogP contribution in [0.5, 0.6) is 11.5 Å². The van der Waals surface area contributed by atoms with Crippen LogP contribution in [-0.4, -0.2) is 20.3 Å². The summed E-state index contributed by atoms with van der Waals surface area (Å²) in [7, 11) is 3.00. The molecule has 0 saturated carbocycles. The zero-order chi connectivity index (χ0) is 16.0. The molecule has 0 bridgehead atoms. The van der Waals surface area contributed by atoms with Crippen LogP contribution in [0.25, 0.3) is 0 Å². The largest absolute Gasteiger partial charge is 0.495 e. The van der Waals surface area contributed by atoms with Gasteiger partial charge in [0.25, 0.3) is 0 Å². The summed E-state index contributed by atoms with van der Waals surface area (Å²) in [5.74, 6) is 0.911. The number of allylic oxidation sites excluding steroid dienone is 1. The molecule has 0 aliphatic rings. The van der Waals surface area contributed by atoms with Gasteiger partial charge in [0.15, 0.2) is 0 Å². The molecule has 116 valence electrons. The summed E-state index contributed by atoms with van der Waals surface area (Å²) in [5, 5.41) is 5.73. The van der Waals surface area contributed by atoms with Gasteiger partial charge in [0, 0.05) is 18.3 Å². The van der Waals surface area contributed by atoms with Crippen LogP contribution in [-0.2, 0) is 0 Å². The SMILES string of the molecule is COc1cc(NC(=O)N/C=C/C(C)(C)C)c(OC)cc1Cl. The van der Waals surface area contributed by atoms with Crippen LogP contribution in [0.15, 0.2) is 24.4 Å². The summed E-state index contributed by atoms with van der Waals surface area (Å²) in [6.45, 7) is 6.11. The van der Waals surface area contributed by atoms with Crippen LogP contribution < -0.4 is 20.1 Å². The van der Waals surface area contributed by atoms with Gasteiger partial charge in [0.1, 0.15) is 11.5 Å². The second kappa shape index (κ2) is 7.22. The minimum atomic E-state index is -0.377. The molecule has 2 N–H and O–H groups in total. The molecule has 0 radical (unpaired) electrons. The van der Waals surface area contributed by atoms with E-state index in [1.165, 1.54) is 14.2 Å². The fraction of sp³-hybridized carbons (Fsp3) is 0.400. The Kier molecular flexibility index (Phi) is 5.90. The number of hydrogen-bond acceptors (Lipinski definition) is 3. The maximum Gasteiger partial charge on any atom is 0.323 e. The van der Waals surface area contributed by atoms with Crippen molar-refractivity contribution in [1.82, 2.24) is 5.32 Å². The summed E-state index contributed by atoms with van der Waals surface area (Å²) < 4.78 is 10.3. The summed E-state index contributed by atoms with van der Waals surface area (Å²) in [6.07, 6.45) is 3.50. The number of halogens is 1. The summed E-state index contributed by atoms with van der Waals surface area (Å²) in [6, 6.07) is 2.81. The Hall–Kier alpha value is -1.88.